The molecule has 0 aliphatic carbocycles. The Morgan fingerprint density at radius 1 is 1.48 bits per heavy atom. The summed E-state index contributed by atoms with van der Waals surface area (Å²) < 4.78 is 5.38. The van der Waals surface area contributed by atoms with Gasteiger partial charge in [0.1, 0.15) is 5.75 Å². The van der Waals surface area contributed by atoms with Crippen molar-refractivity contribution < 1.29 is 14.3 Å². The molecule has 0 bridgehead atoms. The van der Waals surface area contributed by atoms with E-state index in [4.69, 9.17) is 10.5 Å². The lowest BCUT2D eigenvalue weighted by molar-refractivity contribution is -0.128. The molecule has 1 aromatic carbocycles. The van der Waals surface area contributed by atoms with Crippen LogP contribution in [0.15, 0.2) is 18.2 Å². The van der Waals surface area contributed by atoms with E-state index in [-0.39, 0.29) is 30.1 Å². The molecule has 3 N–H and O–H groups in total. The summed E-state index contributed by atoms with van der Waals surface area (Å²) in [5, 5.41) is 3.04. The Kier molecular flexibility index (Phi) is 5.72. The summed E-state index contributed by atoms with van der Waals surface area (Å²) in [5.74, 6) is 0.259. The number of hydrogen-bond acceptors (Lipinski definition) is 4. The summed E-state index contributed by atoms with van der Waals surface area (Å²) in [6.07, 6.45) is 0.196. The Hall–Kier alpha value is -2.08. The van der Waals surface area contributed by atoms with Crippen molar-refractivity contribution in [1.29, 1.82) is 0 Å². The SMILES string of the molecule is COc1ccc(C)cc1N1CC(C(=O)NC(C)(CN)C(C)C)CC1=O. The first-order valence-corrected chi connectivity index (χ1v) is 8.69. The van der Waals surface area contributed by atoms with Crippen molar-refractivity contribution in [2.45, 2.75) is 39.7 Å². The molecule has 2 atom stereocenters. The maximum absolute atomic E-state index is 12.7. The Morgan fingerprint density at radius 3 is 2.72 bits per heavy atom. The van der Waals surface area contributed by atoms with Crippen molar-refractivity contribution in [3.63, 3.8) is 0 Å². The minimum absolute atomic E-state index is 0.0666. The Morgan fingerprint density at radius 2 is 2.16 bits per heavy atom. The fourth-order valence-corrected chi connectivity index (χ4v) is 2.94. The molecule has 1 heterocycles. The highest BCUT2D eigenvalue weighted by molar-refractivity contribution is 6.01. The van der Waals surface area contributed by atoms with Gasteiger partial charge in [0.15, 0.2) is 0 Å². The number of aryl methyl sites for hydroxylation is 1. The van der Waals surface area contributed by atoms with Gasteiger partial charge in [-0.25, -0.2) is 0 Å². The molecule has 1 aliphatic heterocycles. The normalized spacial score (nSPS) is 19.9. The molecule has 0 aromatic heterocycles. The minimum atomic E-state index is -0.478. The summed E-state index contributed by atoms with van der Waals surface area (Å²) in [7, 11) is 1.58. The van der Waals surface area contributed by atoms with Crippen LogP contribution in [0.3, 0.4) is 0 Å². The van der Waals surface area contributed by atoms with Crippen LogP contribution in [0.1, 0.15) is 32.8 Å². The van der Waals surface area contributed by atoms with E-state index in [0.29, 0.717) is 24.5 Å². The van der Waals surface area contributed by atoms with Crippen LogP contribution >= 0.6 is 0 Å². The smallest absolute Gasteiger partial charge is 0.227 e. The molecular weight excluding hydrogens is 318 g/mol. The number of nitrogens with zero attached hydrogens (tertiary/aromatic N) is 1. The van der Waals surface area contributed by atoms with E-state index < -0.39 is 5.54 Å². The number of rotatable bonds is 6. The Balaban J connectivity index is 2.18. The number of anilines is 1. The van der Waals surface area contributed by atoms with Gasteiger partial charge >= 0.3 is 0 Å². The molecule has 0 radical (unpaired) electrons. The molecule has 2 rings (SSSR count). The highest BCUT2D eigenvalue weighted by atomic mass is 16.5. The summed E-state index contributed by atoms with van der Waals surface area (Å²) in [6, 6.07) is 5.69. The minimum Gasteiger partial charge on any atom is -0.495 e. The largest absolute Gasteiger partial charge is 0.495 e. The zero-order valence-corrected chi connectivity index (χ0v) is 15.8. The molecule has 25 heavy (non-hydrogen) atoms. The van der Waals surface area contributed by atoms with E-state index >= 15 is 0 Å². The molecular formula is C19H29N3O3. The monoisotopic (exact) mass is 347 g/mol. The Labute approximate surface area is 149 Å². The number of amides is 2. The van der Waals surface area contributed by atoms with Crippen molar-refractivity contribution in [2.24, 2.45) is 17.6 Å². The van der Waals surface area contributed by atoms with Crippen LogP contribution in [0.2, 0.25) is 0 Å². The lowest BCUT2D eigenvalue weighted by Gasteiger charge is -2.34. The fourth-order valence-electron chi connectivity index (χ4n) is 2.94. The van der Waals surface area contributed by atoms with E-state index in [1.165, 1.54) is 0 Å². The van der Waals surface area contributed by atoms with Gasteiger partial charge < -0.3 is 20.7 Å². The first kappa shape index (κ1) is 19.2. The molecule has 1 fully saturated rings. The molecule has 0 spiro atoms. The standard InChI is InChI=1S/C19H29N3O3/c1-12(2)19(4,11-20)21-18(24)14-9-17(23)22(10-14)15-8-13(3)6-7-16(15)25-5/h6-8,12,14H,9-11,20H2,1-5H3,(H,21,24). The summed E-state index contributed by atoms with van der Waals surface area (Å²) in [4.78, 5) is 26.8. The van der Waals surface area contributed by atoms with Gasteiger partial charge in [0, 0.05) is 19.5 Å². The summed E-state index contributed by atoms with van der Waals surface area (Å²) in [5.41, 5.74) is 7.12. The fraction of sp³-hybridized carbons (Fsp3) is 0.579. The van der Waals surface area contributed by atoms with Gasteiger partial charge in [-0.1, -0.05) is 19.9 Å². The van der Waals surface area contributed by atoms with Crippen LogP contribution in [0, 0.1) is 18.8 Å². The Bertz CT molecular complexity index is 659. The molecule has 138 valence electrons. The quantitative estimate of drug-likeness (QED) is 0.822. The van der Waals surface area contributed by atoms with Crippen LogP contribution < -0.4 is 20.7 Å². The predicted molar refractivity (Wildman–Crippen MR) is 98.6 cm³/mol. The third-order valence-corrected chi connectivity index (χ3v) is 5.23. The third-order valence-electron chi connectivity index (χ3n) is 5.23. The van der Waals surface area contributed by atoms with Crippen LogP contribution in [0.4, 0.5) is 5.69 Å². The molecule has 2 amide bonds. The van der Waals surface area contributed by atoms with E-state index in [1.807, 2.05) is 45.9 Å². The second kappa shape index (κ2) is 7.44. The first-order valence-electron chi connectivity index (χ1n) is 8.69. The molecule has 1 saturated heterocycles. The zero-order valence-electron chi connectivity index (χ0n) is 15.8. The van der Waals surface area contributed by atoms with Crippen molar-refractivity contribution in [3.05, 3.63) is 23.8 Å². The molecule has 6 nitrogen and oxygen atoms in total. The van der Waals surface area contributed by atoms with Gasteiger partial charge in [-0.3, -0.25) is 9.59 Å². The van der Waals surface area contributed by atoms with Crippen LogP contribution in [-0.2, 0) is 9.59 Å². The van der Waals surface area contributed by atoms with E-state index in [9.17, 15) is 9.59 Å². The zero-order chi connectivity index (χ0) is 18.8. The van der Waals surface area contributed by atoms with Crippen molar-refractivity contribution >= 4 is 17.5 Å². The number of benzene rings is 1. The summed E-state index contributed by atoms with van der Waals surface area (Å²) >= 11 is 0. The molecule has 1 aromatic rings. The van der Waals surface area contributed by atoms with Gasteiger partial charge in [0.2, 0.25) is 11.8 Å². The molecule has 2 unspecified atom stereocenters. The van der Waals surface area contributed by atoms with Gasteiger partial charge in [-0.05, 0) is 37.5 Å². The number of nitrogens with one attached hydrogen (secondary N) is 1. The van der Waals surface area contributed by atoms with Crippen LogP contribution in [0.25, 0.3) is 0 Å². The maximum Gasteiger partial charge on any atom is 0.227 e. The number of hydrogen-bond donors (Lipinski definition) is 2. The van der Waals surface area contributed by atoms with E-state index in [2.05, 4.69) is 5.32 Å². The number of carbonyl (C=O) groups excluding carboxylic acids is 2. The average molecular weight is 347 g/mol. The second-order valence-electron chi connectivity index (χ2n) is 7.35. The number of carbonyl (C=O) groups is 2. The van der Waals surface area contributed by atoms with E-state index in [0.717, 1.165) is 5.56 Å². The molecule has 0 saturated carbocycles. The molecule has 1 aliphatic rings. The maximum atomic E-state index is 12.7. The van der Waals surface area contributed by atoms with Gasteiger partial charge in [-0.15, -0.1) is 0 Å². The second-order valence-corrected chi connectivity index (χ2v) is 7.35. The summed E-state index contributed by atoms with van der Waals surface area (Å²) in [6.45, 7) is 8.65. The highest BCUT2D eigenvalue weighted by Gasteiger charge is 2.39. The number of ether oxygens (including phenoxy) is 1. The molecule has 6 heteroatoms. The number of nitrogens with two attached hydrogens (primary N) is 1. The highest BCUT2D eigenvalue weighted by Crippen LogP contribution is 2.34. The topological polar surface area (TPSA) is 84.7 Å². The van der Waals surface area contributed by atoms with Crippen LogP contribution in [-0.4, -0.2) is 37.6 Å². The van der Waals surface area contributed by atoms with Crippen molar-refractivity contribution in [3.8, 4) is 5.75 Å². The first-order chi connectivity index (χ1) is 11.7. The van der Waals surface area contributed by atoms with Crippen molar-refractivity contribution in [1.82, 2.24) is 5.32 Å². The lowest BCUT2D eigenvalue weighted by atomic mass is 9.87. The average Bonchev–Trinajstić information content (AvgIpc) is 2.96. The van der Waals surface area contributed by atoms with Gasteiger partial charge in [0.25, 0.3) is 0 Å². The predicted octanol–water partition coefficient (Wildman–Crippen LogP) is 1.85. The lowest BCUT2D eigenvalue weighted by Crippen LogP contribution is -2.56. The van der Waals surface area contributed by atoms with E-state index in [1.54, 1.807) is 12.0 Å². The van der Waals surface area contributed by atoms with Gasteiger partial charge in [-0.2, -0.15) is 0 Å². The van der Waals surface area contributed by atoms with Crippen molar-refractivity contribution in [2.75, 3.05) is 25.1 Å². The van der Waals surface area contributed by atoms with Crippen LogP contribution in [0.5, 0.6) is 5.75 Å². The van der Waals surface area contributed by atoms with Gasteiger partial charge in [0.05, 0.1) is 24.3 Å². The number of methoxy groups -OCH3 is 1. The third kappa shape index (κ3) is 3.95.